The summed E-state index contributed by atoms with van der Waals surface area (Å²) >= 11 is 0. The lowest BCUT2D eigenvalue weighted by atomic mass is 9.73. The van der Waals surface area contributed by atoms with E-state index in [2.05, 4.69) is 0 Å². The molecule has 1 amide bonds. The molecule has 1 atom stereocenters. The Morgan fingerprint density at radius 3 is 2.42 bits per heavy atom. The number of likely N-dealkylation sites (tertiary alicyclic amines) is 1. The fourth-order valence-corrected chi connectivity index (χ4v) is 5.25. The molecule has 3 nitrogen and oxygen atoms in total. The van der Waals surface area contributed by atoms with Crippen LogP contribution in [0.15, 0.2) is 42.0 Å². The standard InChI is InChI=1S/C26H30F2N2O/c1-17-9-10-19-20(25(17)28)15-26(2,21-7-5-6-8-22(21)27)24(19)18-11-13-30(14-12-18)23(31)16-29(3)4/h5-10H,11-16H2,1-4H3. The summed E-state index contributed by atoms with van der Waals surface area (Å²) in [4.78, 5) is 16.3. The second kappa shape index (κ2) is 8.19. The van der Waals surface area contributed by atoms with Crippen molar-refractivity contribution in [3.8, 4) is 0 Å². The zero-order valence-corrected chi connectivity index (χ0v) is 18.8. The Morgan fingerprint density at radius 1 is 1.10 bits per heavy atom. The fraction of sp³-hybridized carbons (Fsp3) is 0.423. The van der Waals surface area contributed by atoms with Crippen LogP contribution in [0.2, 0.25) is 0 Å². The van der Waals surface area contributed by atoms with Crippen molar-refractivity contribution in [3.05, 3.63) is 75.9 Å². The average Bonchev–Trinajstić information content (AvgIpc) is 3.04. The van der Waals surface area contributed by atoms with Crippen molar-refractivity contribution in [2.24, 2.45) is 0 Å². The van der Waals surface area contributed by atoms with Gasteiger partial charge in [0.15, 0.2) is 0 Å². The number of allylic oxidation sites excluding steroid dienone is 1. The molecule has 164 valence electrons. The Balaban J connectivity index is 1.78. The van der Waals surface area contributed by atoms with Crippen LogP contribution < -0.4 is 0 Å². The highest BCUT2D eigenvalue weighted by atomic mass is 19.1. The minimum absolute atomic E-state index is 0.124. The van der Waals surface area contributed by atoms with Gasteiger partial charge in [-0.15, -0.1) is 0 Å². The summed E-state index contributed by atoms with van der Waals surface area (Å²) in [6.07, 6.45) is 1.90. The van der Waals surface area contributed by atoms with Crippen LogP contribution in [0.1, 0.15) is 42.0 Å². The Morgan fingerprint density at radius 2 is 1.77 bits per heavy atom. The van der Waals surface area contributed by atoms with Crippen molar-refractivity contribution in [2.45, 2.75) is 38.5 Å². The first-order valence-electron chi connectivity index (χ1n) is 10.9. The maximum Gasteiger partial charge on any atom is 0.236 e. The molecule has 31 heavy (non-hydrogen) atoms. The van der Waals surface area contributed by atoms with Crippen molar-refractivity contribution >= 4 is 11.5 Å². The maximum atomic E-state index is 15.1. The minimum Gasteiger partial charge on any atom is -0.341 e. The third-order valence-electron chi connectivity index (χ3n) is 6.78. The number of likely N-dealkylation sites (N-methyl/N-ethyl adjacent to an activating group) is 1. The van der Waals surface area contributed by atoms with Gasteiger partial charge in [0.1, 0.15) is 11.6 Å². The molecule has 0 aromatic heterocycles. The van der Waals surface area contributed by atoms with E-state index in [9.17, 15) is 9.18 Å². The van der Waals surface area contributed by atoms with Crippen LogP contribution in [-0.4, -0.2) is 49.4 Å². The van der Waals surface area contributed by atoms with E-state index in [4.69, 9.17) is 0 Å². The van der Waals surface area contributed by atoms with E-state index < -0.39 is 5.41 Å². The van der Waals surface area contributed by atoms with Gasteiger partial charge in [-0.3, -0.25) is 4.79 Å². The maximum absolute atomic E-state index is 15.1. The van der Waals surface area contributed by atoms with E-state index in [1.165, 1.54) is 11.6 Å². The number of carbonyl (C=O) groups excluding carboxylic acids is 1. The number of benzene rings is 2. The quantitative estimate of drug-likeness (QED) is 0.712. The third kappa shape index (κ3) is 3.80. The van der Waals surface area contributed by atoms with Gasteiger partial charge in [-0.2, -0.15) is 0 Å². The first-order chi connectivity index (χ1) is 14.7. The van der Waals surface area contributed by atoms with Gasteiger partial charge in [-0.1, -0.05) is 42.8 Å². The zero-order chi connectivity index (χ0) is 22.3. The van der Waals surface area contributed by atoms with E-state index >= 15 is 4.39 Å². The first kappa shape index (κ1) is 21.7. The monoisotopic (exact) mass is 424 g/mol. The van der Waals surface area contributed by atoms with E-state index in [-0.39, 0.29) is 17.5 Å². The Kier molecular flexibility index (Phi) is 5.73. The molecule has 0 saturated carbocycles. The predicted octanol–water partition coefficient (Wildman–Crippen LogP) is 4.72. The fourth-order valence-electron chi connectivity index (χ4n) is 5.25. The van der Waals surface area contributed by atoms with Gasteiger partial charge < -0.3 is 9.80 Å². The van der Waals surface area contributed by atoms with Crippen molar-refractivity contribution in [3.63, 3.8) is 0 Å². The van der Waals surface area contributed by atoms with Crippen LogP contribution in [0, 0.1) is 18.6 Å². The van der Waals surface area contributed by atoms with Crippen molar-refractivity contribution in [2.75, 3.05) is 33.7 Å². The summed E-state index contributed by atoms with van der Waals surface area (Å²) in [6.45, 7) is 5.49. The summed E-state index contributed by atoms with van der Waals surface area (Å²) in [5.74, 6) is -0.319. The SMILES string of the molecule is Cc1ccc2c(c1F)CC(C)(c1ccccc1F)C2=C1CCN(C(=O)CN(C)C)CC1. The lowest BCUT2D eigenvalue weighted by molar-refractivity contribution is -0.132. The van der Waals surface area contributed by atoms with Crippen molar-refractivity contribution < 1.29 is 13.6 Å². The molecule has 1 unspecified atom stereocenters. The number of hydrogen-bond acceptors (Lipinski definition) is 2. The molecule has 2 aliphatic rings. The molecular weight excluding hydrogens is 394 g/mol. The molecule has 1 heterocycles. The van der Waals surface area contributed by atoms with Gasteiger partial charge in [0, 0.05) is 18.5 Å². The van der Waals surface area contributed by atoms with Gasteiger partial charge >= 0.3 is 0 Å². The number of nitrogens with zero attached hydrogens (tertiary/aromatic N) is 2. The Labute approximate surface area is 183 Å². The van der Waals surface area contributed by atoms with Crippen LogP contribution in [0.5, 0.6) is 0 Å². The Hall–Kier alpha value is -2.53. The number of piperidine rings is 1. The van der Waals surface area contributed by atoms with Gasteiger partial charge in [0.05, 0.1) is 6.54 Å². The number of hydrogen-bond donors (Lipinski definition) is 0. The molecule has 1 saturated heterocycles. The predicted molar refractivity (Wildman–Crippen MR) is 120 cm³/mol. The van der Waals surface area contributed by atoms with Crippen LogP contribution in [0.3, 0.4) is 0 Å². The number of carbonyl (C=O) groups is 1. The molecular formula is C26H30F2N2O. The highest BCUT2D eigenvalue weighted by Crippen LogP contribution is 2.52. The van der Waals surface area contributed by atoms with Gasteiger partial charge in [-0.05, 0) is 74.2 Å². The average molecular weight is 425 g/mol. The summed E-state index contributed by atoms with van der Waals surface area (Å²) in [7, 11) is 3.78. The zero-order valence-electron chi connectivity index (χ0n) is 18.8. The van der Waals surface area contributed by atoms with Gasteiger partial charge in [0.2, 0.25) is 5.91 Å². The normalized spacial score (nSPS) is 21.1. The molecule has 0 radical (unpaired) electrons. The van der Waals surface area contributed by atoms with Crippen molar-refractivity contribution in [1.29, 1.82) is 0 Å². The largest absolute Gasteiger partial charge is 0.341 e. The molecule has 1 fully saturated rings. The van der Waals surface area contributed by atoms with E-state index in [1.807, 2.05) is 55.1 Å². The highest BCUT2D eigenvalue weighted by Gasteiger charge is 2.44. The second-order valence-electron chi connectivity index (χ2n) is 9.31. The molecule has 1 aliphatic heterocycles. The number of halogens is 2. The van der Waals surface area contributed by atoms with Crippen LogP contribution in [0.25, 0.3) is 5.57 Å². The lowest BCUT2D eigenvalue weighted by Gasteiger charge is -2.35. The summed E-state index contributed by atoms with van der Waals surface area (Å²) in [6, 6.07) is 10.7. The smallest absolute Gasteiger partial charge is 0.236 e. The molecule has 0 N–H and O–H groups in total. The molecule has 2 aromatic carbocycles. The number of amides is 1. The highest BCUT2D eigenvalue weighted by molar-refractivity contribution is 5.85. The van der Waals surface area contributed by atoms with Crippen LogP contribution >= 0.6 is 0 Å². The summed E-state index contributed by atoms with van der Waals surface area (Å²) in [5.41, 5.74) is 4.43. The number of rotatable bonds is 3. The molecule has 5 heteroatoms. The molecule has 4 rings (SSSR count). The second-order valence-corrected chi connectivity index (χ2v) is 9.31. The van der Waals surface area contributed by atoms with Crippen LogP contribution in [0.4, 0.5) is 8.78 Å². The number of fused-ring (bicyclic) bond motifs is 1. The van der Waals surface area contributed by atoms with Crippen molar-refractivity contribution in [1.82, 2.24) is 9.80 Å². The first-order valence-corrected chi connectivity index (χ1v) is 10.9. The molecule has 2 aromatic rings. The third-order valence-corrected chi connectivity index (χ3v) is 6.78. The Bertz CT molecular complexity index is 1050. The lowest BCUT2D eigenvalue weighted by Crippen LogP contribution is -2.41. The van der Waals surface area contributed by atoms with E-state index in [0.29, 0.717) is 42.7 Å². The van der Waals surface area contributed by atoms with E-state index in [0.717, 1.165) is 24.0 Å². The number of aryl methyl sites for hydroxylation is 1. The molecule has 0 bridgehead atoms. The van der Waals surface area contributed by atoms with Crippen LogP contribution in [-0.2, 0) is 16.6 Å². The molecule has 0 spiro atoms. The topological polar surface area (TPSA) is 23.6 Å². The van der Waals surface area contributed by atoms with Gasteiger partial charge in [-0.25, -0.2) is 8.78 Å². The van der Waals surface area contributed by atoms with E-state index in [1.54, 1.807) is 13.0 Å². The molecule has 1 aliphatic carbocycles. The summed E-state index contributed by atoms with van der Waals surface area (Å²) < 4.78 is 30.1. The minimum atomic E-state index is -0.631. The van der Waals surface area contributed by atoms with Gasteiger partial charge in [0.25, 0.3) is 0 Å². The summed E-state index contributed by atoms with van der Waals surface area (Å²) in [5, 5.41) is 0.